The Morgan fingerprint density at radius 3 is 2.04 bits per heavy atom. The second-order valence-corrected chi connectivity index (χ2v) is 9.79. The Balaban J connectivity index is 2.59. The van der Waals surface area contributed by atoms with Crippen LogP contribution in [-0.2, 0) is 22.0 Å². The first-order valence-electron chi connectivity index (χ1n) is 9.90. The molecule has 0 N–H and O–H groups in total. The second kappa shape index (κ2) is 7.95. The molecule has 0 heterocycles. The first-order valence-corrected chi connectivity index (χ1v) is 9.90. The lowest BCUT2D eigenvalue weighted by Crippen LogP contribution is -2.15. The van der Waals surface area contributed by atoms with Gasteiger partial charge in [-0.1, -0.05) is 84.0 Å². The van der Waals surface area contributed by atoms with E-state index in [1.807, 2.05) is 6.92 Å². The zero-order chi connectivity index (χ0) is 21.3. The van der Waals surface area contributed by atoms with Crippen LogP contribution in [0.5, 0.6) is 5.75 Å². The number of carbonyl (C=O) groups is 1. The average Bonchev–Trinajstić information content (AvgIpc) is 2.55. The van der Waals surface area contributed by atoms with E-state index in [1.54, 1.807) is 0 Å². The molecule has 2 aromatic rings. The number of rotatable bonds is 4. The van der Waals surface area contributed by atoms with E-state index in [9.17, 15) is 4.79 Å². The van der Waals surface area contributed by atoms with Crippen LogP contribution in [0.2, 0.25) is 0 Å². The van der Waals surface area contributed by atoms with Crippen molar-refractivity contribution in [1.82, 2.24) is 0 Å². The van der Waals surface area contributed by atoms with Crippen molar-refractivity contribution in [3.05, 3.63) is 76.4 Å². The molecule has 0 aliphatic heterocycles. The first-order chi connectivity index (χ1) is 12.8. The Kier molecular flexibility index (Phi) is 6.23. The highest BCUT2D eigenvalue weighted by atomic mass is 16.5. The Labute approximate surface area is 170 Å². The predicted molar refractivity (Wildman–Crippen MR) is 118 cm³/mol. The molecule has 0 radical (unpaired) electrons. The maximum atomic E-state index is 11.9. The molecule has 2 heteroatoms. The summed E-state index contributed by atoms with van der Waals surface area (Å²) in [7, 11) is 0. The van der Waals surface area contributed by atoms with Gasteiger partial charge < -0.3 is 4.74 Å². The van der Waals surface area contributed by atoms with Crippen LogP contribution in [0.1, 0.15) is 74.9 Å². The minimum Gasteiger partial charge on any atom is -0.423 e. The van der Waals surface area contributed by atoms with Crippen LogP contribution in [0, 0.1) is 13.8 Å². The standard InChI is InChI=1S/C26H34O2/c1-10-23(27)28-24-18(3)13-22(26(7,8)9)16-20(24)14-19-11-17(2)12-21(15-19)25(4,5)6/h10-13,15-16H,1,14H2,2-9H3. The summed E-state index contributed by atoms with van der Waals surface area (Å²) in [6, 6.07) is 11.0. The Morgan fingerprint density at radius 2 is 1.50 bits per heavy atom. The van der Waals surface area contributed by atoms with Gasteiger partial charge in [0.15, 0.2) is 0 Å². The quantitative estimate of drug-likeness (QED) is 0.341. The van der Waals surface area contributed by atoms with E-state index >= 15 is 0 Å². The summed E-state index contributed by atoms with van der Waals surface area (Å²) in [5.74, 6) is 0.226. The fourth-order valence-electron chi connectivity index (χ4n) is 3.32. The maximum Gasteiger partial charge on any atom is 0.335 e. The molecular weight excluding hydrogens is 344 g/mol. The zero-order valence-electron chi connectivity index (χ0n) is 18.7. The van der Waals surface area contributed by atoms with Crippen LogP contribution in [-0.4, -0.2) is 5.97 Å². The number of hydrogen-bond donors (Lipinski definition) is 0. The number of benzene rings is 2. The number of hydrogen-bond acceptors (Lipinski definition) is 2. The lowest BCUT2D eigenvalue weighted by molar-refractivity contribution is -0.129. The lowest BCUT2D eigenvalue weighted by atomic mass is 9.82. The topological polar surface area (TPSA) is 26.3 Å². The van der Waals surface area contributed by atoms with Gasteiger partial charge in [0.2, 0.25) is 0 Å². The van der Waals surface area contributed by atoms with E-state index in [4.69, 9.17) is 4.74 Å². The van der Waals surface area contributed by atoms with E-state index in [0.29, 0.717) is 5.75 Å². The highest BCUT2D eigenvalue weighted by molar-refractivity contribution is 5.84. The molecule has 0 bridgehead atoms. The molecule has 2 rings (SSSR count). The average molecular weight is 379 g/mol. The van der Waals surface area contributed by atoms with E-state index < -0.39 is 5.97 Å². The molecule has 0 aliphatic rings. The largest absolute Gasteiger partial charge is 0.423 e. The molecule has 0 aliphatic carbocycles. The Bertz CT molecular complexity index is 890. The molecule has 2 nitrogen and oxygen atoms in total. The summed E-state index contributed by atoms with van der Waals surface area (Å²) >= 11 is 0. The van der Waals surface area contributed by atoms with Gasteiger partial charge in [0.05, 0.1) is 0 Å². The first kappa shape index (κ1) is 21.9. The fourth-order valence-corrected chi connectivity index (χ4v) is 3.32. The van der Waals surface area contributed by atoms with Crippen LogP contribution in [0.25, 0.3) is 0 Å². The zero-order valence-corrected chi connectivity index (χ0v) is 18.7. The van der Waals surface area contributed by atoms with Gasteiger partial charge >= 0.3 is 5.97 Å². The van der Waals surface area contributed by atoms with Gasteiger partial charge in [-0.15, -0.1) is 0 Å². The van der Waals surface area contributed by atoms with Crippen LogP contribution in [0.15, 0.2) is 43.0 Å². The summed E-state index contributed by atoms with van der Waals surface area (Å²) in [4.78, 5) is 11.9. The number of esters is 1. The molecule has 0 unspecified atom stereocenters. The van der Waals surface area contributed by atoms with Crippen LogP contribution in [0.3, 0.4) is 0 Å². The molecule has 0 atom stereocenters. The van der Waals surface area contributed by atoms with Gasteiger partial charge in [0.25, 0.3) is 0 Å². The number of ether oxygens (including phenoxy) is 1. The van der Waals surface area contributed by atoms with Crippen LogP contribution in [0.4, 0.5) is 0 Å². The van der Waals surface area contributed by atoms with Crippen molar-refractivity contribution in [1.29, 1.82) is 0 Å². The van der Waals surface area contributed by atoms with Crippen molar-refractivity contribution in [3.63, 3.8) is 0 Å². The minimum atomic E-state index is -0.424. The SMILES string of the molecule is C=CC(=O)Oc1c(C)cc(C(C)(C)C)cc1Cc1cc(C)cc(C(C)(C)C)c1. The molecule has 0 spiro atoms. The van der Waals surface area contributed by atoms with Crippen molar-refractivity contribution in [2.75, 3.05) is 0 Å². The summed E-state index contributed by atoms with van der Waals surface area (Å²) < 4.78 is 5.64. The Hall–Kier alpha value is -2.35. The third-order valence-electron chi connectivity index (χ3n) is 4.98. The number of aryl methyl sites for hydroxylation is 2. The number of carbonyl (C=O) groups excluding carboxylic acids is 1. The van der Waals surface area contributed by atoms with Gasteiger partial charge in [-0.25, -0.2) is 4.79 Å². The molecule has 0 saturated carbocycles. The smallest absolute Gasteiger partial charge is 0.335 e. The van der Waals surface area contributed by atoms with Crippen molar-refractivity contribution in [3.8, 4) is 5.75 Å². The summed E-state index contributed by atoms with van der Waals surface area (Å²) in [6.07, 6.45) is 1.93. The van der Waals surface area contributed by atoms with E-state index in [2.05, 4.69) is 85.4 Å². The molecule has 0 fully saturated rings. The van der Waals surface area contributed by atoms with Crippen LogP contribution >= 0.6 is 0 Å². The van der Waals surface area contributed by atoms with Crippen molar-refractivity contribution in [2.45, 2.75) is 72.6 Å². The second-order valence-electron chi connectivity index (χ2n) is 9.79. The third-order valence-corrected chi connectivity index (χ3v) is 4.98. The van der Waals surface area contributed by atoms with Crippen molar-refractivity contribution < 1.29 is 9.53 Å². The van der Waals surface area contributed by atoms with Gasteiger partial charge in [-0.05, 0) is 52.5 Å². The highest BCUT2D eigenvalue weighted by Gasteiger charge is 2.20. The Morgan fingerprint density at radius 1 is 0.929 bits per heavy atom. The van der Waals surface area contributed by atoms with E-state index in [0.717, 1.165) is 17.5 Å². The van der Waals surface area contributed by atoms with Gasteiger partial charge in [-0.2, -0.15) is 0 Å². The normalized spacial score (nSPS) is 12.0. The summed E-state index contributed by atoms with van der Waals surface area (Å²) in [5.41, 5.74) is 7.14. The fraction of sp³-hybridized carbons (Fsp3) is 0.423. The van der Waals surface area contributed by atoms with Crippen LogP contribution < -0.4 is 4.74 Å². The van der Waals surface area contributed by atoms with Gasteiger partial charge in [-0.3, -0.25) is 0 Å². The monoisotopic (exact) mass is 378 g/mol. The minimum absolute atomic E-state index is 0.0175. The predicted octanol–water partition coefficient (Wildman–Crippen LogP) is 6.58. The summed E-state index contributed by atoms with van der Waals surface area (Å²) in [6.45, 7) is 21.0. The van der Waals surface area contributed by atoms with Crippen molar-refractivity contribution >= 4 is 5.97 Å². The molecule has 0 saturated heterocycles. The van der Waals surface area contributed by atoms with E-state index in [1.165, 1.54) is 28.3 Å². The van der Waals surface area contributed by atoms with Gasteiger partial charge in [0, 0.05) is 12.5 Å². The lowest BCUT2D eigenvalue weighted by Gasteiger charge is -2.24. The molecule has 150 valence electrons. The molecule has 28 heavy (non-hydrogen) atoms. The van der Waals surface area contributed by atoms with E-state index in [-0.39, 0.29) is 10.8 Å². The highest BCUT2D eigenvalue weighted by Crippen LogP contribution is 2.34. The maximum absolute atomic E-state index is 11.9. The molecule has 2 aromatic carbocycles. The van der Waals surface area contributed by atoms with Crippen molar-refractivity contribution in [2.24, 2.45) is 0 Å². The molecular formula is C26H34O2. The third kappa shape index (κ3) is 5.34. The van der Waals surface area contributed by atoms with Gasteiger partial charge in [0.1, 0.15) is 5.75 Å². The summed E-state index contributed by atoms with van der Waals surface area (Å²) in [5, 5.41) is 0. The molecule has 0 amide bonds. The molecule has 0 aromatic heterocycles.